The van der Waals surface area contributed by atoms with Crippen molar-refractivity contribution in [1.82, 2.24) is 14.6 Å². The third kappa shape index (κ3) is 2.68. The van der Waals surface area contributed by atoms with Crippen molar-refractivity contribution in [3.8, 4) is 28.4 Å². The second-order valence-corrected chi connectivity index (χ2v) is 5.08. The maximum Gasteiger partial charge on any atom is 0.203 e. The summed E-state index contributed by atoms with van der Waals surface area (Å²) in [4.78, 5) is 4.63. The summed E-state index contributed by atoms with van der Waals surface area (Å²) in [7, 11) is 4.77. The van der Waals surface area contributed by atoms with Crippen LogP contribution in [0.4, 0.5) is 5.82 Å². The Kier molecular flexibility index (Phi) is 4.41. The van der Waals surface area contributed by atoms with Gasteiger partial charge in [-0.3, -0.25) is 0 Å². The molecular weight excluding hydrogens is 308 g/mol. The molecule has 3 rings (SSSR count). The Hall–Kier alpha value is -2.96. The van der Waals surface area contributed by atoms with Gasteiger partial charge in [-0.1, -0.05) is 0 Å². The minimum absolute atomic E-state index is 0.557. The van der Waals surface area contributed by atoms with E-state index >= 15 is 0 Å². The molecule has 0 aliphatic heterocycles. The highest BCUT2D eigenvalue weighted by Crippen LogP contribution is 2.41. The molecule has 0 radical (unpaired) electrons. The van der Waals surface area contributed by atoms with Crippen LogP contribution in [0.25, 0.3) is 16.8 Å². The number of ether oxygens (including phenoxy) is 3. The molecule has 126 valence electrons. The molecule has 24 heavy (non-hydrogen) atoms. The highest BCUT2D eigenvalue weighted by Gasteiger charge is 2.17. The van der Waals surface area contributed by atoms with Crippen molar-refractivity contribution < 1.29 is 14.2 Å². The molecule has 7 heteroatoms. The Labute approximate surface area is 140 Å². The standard InChI is InChI=1S/C17H20N4O3/c1-5-18-15-6-7-21-17(20-15)12(10-19-21)11-8-13(22-2)16(24-4)14(9-11)23-3/h6-10H,5H2,1-4H3,(H,18,20). The van der Waals surface area contributed by atoms with Gasteiger partial charge >= 0.3 is 0 Å². The smallest absolute Gasteiger partial charge is 0.203 e. The van der Waals surface area contributed by atoms with Crippen LogP contribution in [-0.2, 0) is 0 Å². The van der Waals surface area contributed by atoms with Gasteiger partial charge in [-0.15, -0.1) is 0 Å². The van der Waals surface area contributed by atoms with Gasteiger partial charge < -0.3 is 19.5 Å². The summed E-state index contributed by atoms with van der Waals surface area (Å²) in [6.07, 6.45) is 3.65. The van der Waals surface area contributed by atoms with Gasteiger partial charge in [0.2, 0.25) is 5.75 Å². The van der Waals surface area contributed by atoms with Gasteiger partial charge in [0, 0.05) is 18.3 Å². The lowest BCUT2D eigenvalue weighted by Gasteiger charge is -2.13. The van der Waals surface area contributed by atoms with Crippen LogP contribution >= 0.6 is 0 Å². The van der Waals surface area contributed by atoms with Crippen LogP contribution < -0.4 is 19.5 Å². The van der Waals surface area contributed by atoms with Crippen molar-refractivity contribution in [2.45, 2.75) is 6.92 Å². The largest absolute Gasteiger partial charge is 0.493 e. The molecule has 2 heterocycles. The van der Waals surface area contributed by atoms with E-state index in [-0.39, 0.29) is 0 Å². The third-order valence-corrected chi connectivity index (χ3v) is 3.70. The monoisotopic (exact) mass is 328 g/mol. The second-order valence-electron chi connectivity index (χ2n) is 5.08. The first kappa shape index (κ1) is 15.9. The lowest BCUT2D eigenvalue weighted by Crippen LogP contribution is -2.01. The highest BCUT2D eigenvalue weighted by atomic mass is 16.5. The molecular formula is C17H20N4O3. The molecule has 2 aromatic heterocycles. The van der Waals surface area contributed by atoms with Crippen LogP contribution in [-0.4, -0.2) is 42.5 Å². The number of hydrogen-bond acceptors (Lipinski definition) is 6. The quantitative estimate of drug-likeness (QED) is 0.750. The zero-order valence-corrected chi connectivity index (χ0v) is 14.2. The Morgan fingerprint density at radius 1 is 1.08 bits per heavy atom. The van der Waals surface area contributed by atoms with Gasteiger partial charge in [0.15, 0.2) is 17.1 Å². The fourth-order valence-electron chi connectivity index (χ4n) is 2.59. The lowest BCUT2D eigenvalue weighted by atomic mass is 10.1. The van der Waals surface area contributed by atoms with E-state index in [1.807, 2.05) is 31.3 Å². The molecule has 0 bridgehead atoms. The number of fused-ring (bicyclic) bond motifs is 1. The molecule has 0 unspecified atom stereocenters. The summed E-state index contributed by atoms with van der Waals surface area (Å²) in [5.74, 6) is 2.55. The fourth-order valence-corrected chi connectivity index (χ4v) is 2.59. The highest BCUT2D eigenvalue weighted by molar-refractivity contribution is 5.80. The molecule has 7 nitrogen and oxygen atoms in total. The molecule has 0 fully saturated rings. The minimum atomic E-state index is 0.557. The minimum Gasteiger partial charge on any atom is -0.493 e. The Balaban J connectivity index is 2.18. The van der Waals surface area contributed by atoms with Gasteiger partial charge in [0.1, 0.15) is 5.82 Å². The summed E-state index contributed by atoms with van der Waals surface area (Å²) in [5.41, 5.74) is 2.53. The van der Waals surface area contributed by atoms with Crippen LogP contribution in [0, 0.1) is 0 Å². The van der Waals surface area contributed by atoms with Gasteiger partial charge in [-0.2, -0.15) is 5.10 Å². The number of nitrogens with zero attached hydrogens (tertiary/aromatic N) is 3. The van der Waals surface area contributed by atoms with E-state index in [1.165, 1.54) is 0 Å². The topological polar surface area (TPSA) is 69.9 Å². The number of rotatable bonds is 6. The predicted octanol–water partition coefficient (Wildman–Crippen LogP) is 2.85. The van der Waals surface area contributed by atoms with Crippen molar-refractivity contribution in [1.29, 1.82) is 0 Å². The molecule has 0 aliphatic rings. The van der Waals surface area contributed by atoms with Crippen LogP contribution in [0.1, 0.15) is 6.92 Å². The van der Waals surface area contributed by atoms with Gasteiger partial charge in [-0.25, -0.2) is 9.50 Å². The number of benzene rings is 1. The Morgan fingerprint density at radius 2 is 1.79 bits per heavy atom. The van der Waals surface area contributed by atoms with Crippen LogP contribution in [0.3, 0.4) is 0 Å². The van der Waals surface area contributed by atoms with E-state index in [2.05, 4.69) is 15.4 Å². The van der Waals surface area contributed by atoms with Crippen molar-refractivity contribution in [3.63, 3.8) is 0 Å². The van der Waals surface area contributed by atoms with Crippen molar-refractivity contribution >= 4 is 11.5 Å². The number of hydrogen-bond donors (Lipinski definition) is 1. The van der Waals surface area contributed by atoms with Crippen LogP contribution in [0.5, 0.6) is 17.2 Å². The van der Waals surface area contributed by atoms with Crippen molar-refractivity contribution in [2.75, 3.05) is 33.2 Å². The number of aromatic nitrogens is 3. The van der Waals surface area contributed by atoms with Crippen molar-refractivity contribution in [3.05, 3.63) is 30.6 Å². The molecule has 0 atom stereocenters. The summed E-state index contributed by atoms with van der Waals surface area (Å²) >= 11 is 0. The summed E-state index contributed by atoms with van der Waals surface area (Å²) in [5, 5.41) is 7.57. The summed E-state index contributed by atoms with van der Waals surface area (Å²) < 4.78 is 18.0. The van der Waals surface area contributed by atoms with E-state index in [1.54, 1.807) is 32.0 Å². The molecule has 1 N–H and O–H groups in total. The first-order chi connectivity index (χ1) is 11.7. The Bertz CT molecular complexity index is 835. The number of anilines is 1. The van der Waals surface area contributed by atoms with Gasteiger partial charge in [0.05, 0.1) is 27.5 Å². The third-order valence-electron chi connectivity index (χ3n) is 3.70. The molecule has 0 amide bonds. The normalized spacial score (nSPS) is 10.7. The average molecular weight is 328 g/mol. The summed E-state index contributed by atoms with van der Waals surface area (Å²) in [6, 6.07) is 5.67. The SMILES string of the molecule is CCNc1ccn2ncc(-c3cc(OC)c(OC)c(OC)c3)c2n1. The molecule has 3 aromatic rings. The second kappa shape index (κ2) is 6.66. The number of nitrogens with one attached hydrogen (secondary N) is 1. The lowest BCUT2D eigenvalue weighted by molar-refractivity contribution is 0.324. The molecule has 0 saturated heterocycles. The first-order valence-corrected chi connectivity index (χ1v) is 7.60. The summed E-state index contributed by atoms with van der Waals surface area (Å²) in [6.45, 7) is 2.83. The predicted molar refractivity (Wildman–Crippen MR) is 92.2 cm³/mol. The zero-order valence-electron chi connectivity index (χ0n) is 14.2. The first-order valence-electron chi connectivity index (χ1n) is 7.60. The van der Waals surface area contributed by atoms with Gasteiger partial charge in [0.25, 0.3) is 0 Å². The van der Waals surface area contributed by atoms with E-state index in [0.29, 0.717) is 17.2 Å². The molecule has 0 aliphatic carbocycles. The maximum absolute atomic E-state index is 5.43. The van der Waals surface area contributed by atoms with E-state index in [9.17, 15) is 0 Å². The van der Waals surface area contributed by atoms with Crippen LogP contribution in [0.15, 0.2) is 30.6 Å². The van der Waals surface area contributed by atoms with E-state index in [4.69, 9.17) is 14.2 Å². The molecule has 0 spiro atoms. The fraction of sp³-hybridized carbons (Fsp3) is 0.294. The van der Waals surface area contributed by atoms with E-state index in [0.717, 1.165) is 29.1 Å². The van der Waals surface area contributed by atoms with E-state index < -0.39 is 0 Å². The van der Waals surface area contributed by atoms with Crippen LogP contribution in [0.2, 0.25) is 0 Å². The number of methoxy groups -OCH3 is 3. The molecule has 0 saturated carbocycles. The van der Waals surface area contributed by atoms with Gasteiger partial charge in [-0.05, 0) is 30.7 Å². The zero-order chi connectivity index (χ0) is 17.1. The average Bonchev–Trinajstić information content (AvgIpc) is 3.03. The van der Waals surface area contributed by atoms with Crippen molar-refractivity contribution in [2.24, 2.45) is 0 Å². The Morgan fingerprint density at radius 3 is 2.38 bits per heavy atom. The maximum atomic E-state index is 5.43. The molecule has 1 aromatic carbocycles.